The molecule has 0 N–H and O–H groups in total. The Labute approximate surface area is 150 Å². The highest BCUT2D eigenvalue weighted by Crippen LogP contribution is 2.47. The van der Waals surface area contributed by atoms with Crippen molar-refractivity contribution in [3.63, 3.8) is 0 Å². The van der Waals surface area contributed by atoms with E-state index in [1.54, 1.807) is 7.11 Å². The van der Waals surface area contributed by atoms with Gasteiger partial charge in [0.05, 0.1) is 5.71 Å². The van der Waals surface area contributed by atoms with E-state index in [2.05, 4.69) is 66.5 Å². The van der Waals surface area contributed by atoms with E-state index >= 15 is 0 Å². The van der Waals surface area contributed by atoms with Gasteiger partial charge in [0.1, 0.15) is 7.11 Å². The highest BCUT2D eigenvalue weighted by molar-refractivity contribution is 5.88. The van der Waals surface area contributed by atoms with Crippen molar-refractivity contribution in [1.29, 1.82) is 0 Å². The van der Waals surface area contributed by atoms with E-state index in [9.17, 15) is 0 Å². The molecule has 0 radical (unpaired) electrons. The predicted octanol–water partition coefficient (Wildman–Crippen LogP) is 4.82. The Morgan fingerprint density at radius 2 is 1.96 bits per heavy atom. The van der Waals surface area contributed by atoms with Gasteiger partial charge in [-0.2, -0.15) is 0 Å². The van der Waals surface area contributed by atoms with Crippen molar-refractivity contribution in [2.24, 2.45) is 11.1 Å². The van der Waals surface area contributed by atoms with Gasteiger partial charge in [0.25, 0.3) is 0 Å². The molecule has 0 saturated carbocycles. The SMILES string of the molecule is CCC(=NOC)[C@H]1[C@H](c2ccc3ccccc3c2)CC2CC[C@@H]1N2C. The molecule has 2 heterocycles. The molecule has 0 amide bonds. The van der Waals surface area contributed by atoms with Gasteiger partial charge >= 0.3 is 0 Å². The van der Waals surface area contributed by atoms with E-state index in [0.717, 1.165) is 6.42 Å². The average Bonchev–Trinajstić information content (AvgIpc) is 2.88. The molecule has 0 spiro atoms. The molecule has 0 aliphatic carbocycles. The number of hydrogen-bond donors (Lipinski definition) is 0. The summed E-state index contributed by atoms with van der Waals surface area (Å²) in [6.45, 7) is 2.20. The summed E-state index contributed by atoms with van der Waals surface area (Å²) in [6, 6.07) is 17.0. The standard InChI is InChI=1S/C22H28N2O/c1-4-20(23-25-3)22-19(14-18-11-12-21(22)24(18)2)17-10-9-15-7-5-6-8-16(15)13-17/h5-10,13,18-19,21-22H,4,11-12,14H2,1-3H3/t18?,19-,21-,22+/m0/s1. The zero-order valence-electron chi connectivity index (χ0n) is 15.5. The molecule has 2 aliphatic rings. The van der Waals surface area contributed by atoms with Gasteiger partial charge in [0.15, 0.2) is 0 Å². The predicted molar refractivity (Wildman–Crippen MR) is 104 cm³/mol. The van der Waals surface area contributed by atoms with Crippen LogP contribution in [0.5, 0.6) is 0 Å². The topological polar surface area (TPSA) is 24.8 Å². The van der Waals surface area contributed by atoms with Gasteiger partial charge < -0.3 is 4.84 Å². The van der Waals surface area contributed by atoms with Crippen molar-refractivity contribution >= 4 is 16.5 Å². The smallest absolute Gasteiger partial charge is 0.106 e. The molecule has 2 saturated heterocycles. The minimum Gasteiger partial charge on any atom is -0.399 e. The van der Waals surface area contributed by atoms with Crippen LogP contribution in [-0.4, -0.2) is 36.9 Å². The van der Waals surface area contributed by atoms with Crippen molar-refractivity contribution in [3.8, 4) is 0 Å². The second-order valence-electron chi connectivity index (χ2n) is 7.56. The molecular weight excluding hydrogens is 308 g/mol. The Balaban J connectivity index is 1.77. The van der Waals surface area contributed by atoms with Crippen LogP contribution >= 0.6 is 0 Å². The molecule has 132 valence electrons. The van der Waals surface area contributed by atoms with Crippen LogP contribution in [0.3, 0.4) is 0 Å². The number of rotatable bonds is 4. The van der Waals surface area contributed by atoms with Gasteiger partial charge in [-0.15, -0.1) is 0 Å². The van der Waals surface area contributed by atoms with Crippen LogP contribution < -0.4 is 0 Å². The minimum absolute atomic E-state index is 0.454. The maximum atomic E-state index is 5.21. The van der Waals surface area contributed by atoms with Crippen LogP contribution in [0.2, 0.25) is 0 Å². The Hall–Kier alpha value is -1.87. The Morgan fingerprint density at radius 1 is 1.16 bits per heavy atom. The summed E-state index contributed by atoms with van der Waals surface area (Å²) in [7, 11) is 3.97. The maximum absolute atomic E-state index is 5.21. The highest BCUT2D eigenvalue weighted by atomic mass is 16.6. The molecule has 25 heavy (non-hydrogen) atoms. The monoisotopic (exact) mass is 336 g/mol. The normalized spacial score (nSPS) is 30.0. The van der Waals surface area contributed by atoms with Crippen LogP contribution in [0.25, 0.3) is 10.8 Å². The zero-order chi connectivity index (χ0) is 17.4. The lowest BCUT2D eigenvalue weighted by atomic mass is 9.73. The first kappa shape index (κ1) is 16.6. The van der Waals surface area contributed by atoms with E-state index in [4.69, 9.17) is 4.84 Å². The Morgan fingerprint density at radius 3 is 2.72 bits per heavy atom. The van der Waals surface area contributed by atoms with Gasteiger partial charge in [-0.1, -0.05) is 54.5 Å². The molecule has 3 nitrogen and oxygen atoms in total. The first-order valence-electron chi connectivity index (χ1n) is 9.53. The molecule has 2 aromatic rings. The number of nitrogens with zero attached hydrogens (tertiary/aromatic N) is 2. The van der Waals surface area contributed by atoms with Crippen molar-refractivity contribution in [1.82, 2.24) is 4.90 Å². The van der Waals surface area contributed by atoms with Gasteiger partial charge in [0, 0.05) is 18.0 Å². The quantitative estimate of drug-likeness (QED) is 0.591. The van der Waals surface area contributed by atoms with E-state index in [0.29, 0.717) is 23.9 Å². The van der Waals surface area contributed by atoms with Crippen LogP contribution in [0.15, 0.2) is 47.6 Å². The number of fused-ring (bicyclic) bond motifs is 3. The van der Waals surface area contributed by atoms with E-state index in [1.165, 1.54) is 41.3 Å². The third-order valence-corrected chi connectivity index (χ3v) is 6.43. The summed E-state index contributed by atoms with van der Waals surface area (Å²) >= 11 is 0. The van der Waals surface area contributed by atoms with Gasteiger partial charge in [-0.25, -0.2) is 0 Å². The fourth-order valence-corrected chi connectivity index (χ4v) is 5.18. The van der Waals surface area contributed by atoms with Crippen LogP contribution in [0, 0.1) is 5.92 Å². The molecule has 2 aromatic carbocycles. The minimum atomic E-state index is 0.454. The highest BCUT2D eigenvalue weighted by Gasteiger charge is 2.47. The first-order valence-corrected chi connectivity index (χ1v) is 9.53. The summed E-state index contributed by atoms with van der Waals surface area (Å²) in [5, 5.41) is 7.10. The van der Waals surface area contributed by atoms with E-state index in [-0.39, 0.29) is 0 Å². The largest absolute Gasteiger partial charge is 0.399 e. The second-order valence-corrected chi connectivity index (χ2v) is 7.56. The van der Waals surface area contributed by atoms with Crippen molar-refractivity contribution < 1.29 is 4.84 Å². The van der Waals surface area contributed by atoms with Crippen LogP contribution in [0.4, 0.5) is 0 Å². The van der Waals surface area contributed by atoms with Crippen LogP contribution in [0.1, 0.15) is 44.1 Å². The lowest BCUT2D eigenvalue weighted by molar-refractivity contribution is 0.127. The second kappa shape index (κ2) is 6.80. The number of oxime groups is 1. The Bertz CT molecular complexity index is 784. The summed E-state index contributed by atoms with van der Waals surface area (Å²) in [5.74, 6) is 0.988. The Kier molecular flexibility index (Phi) is 4.51. The summed E-state index contributed by atoms with van der Waals surface area (Å²) < 4.78 is 0. The van der Waals surface area contributed by atoms with Gasteiger partial charge in [-0.05, 0) is 55.0 Å². The molecular formula is C22H28N2O. The molecule has 4 rings (SSSR count). The van der Waals surface area contributed by atoms with Crippen molar-refractivity contribution in [3.05, 3.63) is 48.0 Å². The summed E-state index contributed by atoms with van der Waals surface area (Å²) in [6.07, 6.45) is 4.76. The third-order valence-electron chi connectivity index (χ3n) is 6.43. The molecule has 2 aliphatic heterocycles. The fraction of sp³-hybridized carbons (Fsp3) is 0.500. The van der Waals surface area contributed by atoms with Gasteiger partial charge in [-0.3, -0.25) is 4.90 Å². The molecule has 0 aromatic heterocycles. The average molecular weight is 336 g/mol. The zero-order valence-corrected chi connectivity index (χ0v) is 15.5. The van der Waals surface area contributed by atoms with E-state index in [1.807, 2.05) is 0 Å². The maximum Gasteiger partial charge on any atom is 0.106 e. The first-order chi connectivity index (χ1) is 12.2. The lowest BCUT2D eigenvalue weighted by Gasteiger charge is -2.43. The fourth-order valence-electron chi connectivity index (χ4n) is 5.18. The van der Waals surface area contributed by atoms with Crippen molar-refractivity contribution in [2.75, 3.05) is 14.2 Å². The number of benzene rings is 2. The third kappa shape index (κ3) is 2.85. The van der Waals surface area contributed by atoms with Crippen molar-refractivity contribution in [2.45, 2.75) is 50.6 Å². The molecule has 3 heteroatoms. The molecule has 4 atom stereocenters. The van der Waals surface area contributed by atoms with Gasteiger partial charge in [0.2, 0.25) is 0 Å². The molecule has 2 fully saturated rings. The molecule has 1 unspecified atom stereocenters. The lowest BCUT2D eigenvalue weighted by Crippen LogP contribution is -2.48. The van der Waals surface area contributed by atoms with Crippen LogP contribution in [-0.2, 0) is 4.84 Å². The summed E-state index contributed by atoms with van der Waals surface area (Å²) in [5.41, 5.74) is 2.68. The van der Waals surface area contributed by atoms with E-state index < -0.39 is 0 Å². The summed E-state index contributed by atoms with van der Waals surface area (Å²) in [4.78, 5) is 7.81. The number of hydrogen-bond acceptors (Lipinski definition) is 3. The number of piperidine rings is 1. The molecule has 2 bridgehead atoms.